The normalized spacial score (nSPS) is 16.6. The zero-order valence-corrected chi connectivity index (χ0v) is 13.9. The maximum absolute atomic E-state index is 5.46. The molecule has 0 radical (unpaired) electrons. The van der Waals surface area contributed by atoms with Gasteiger partial charge >= 0.3 is 0 Å². The highest BCUT2D eigenvalue weighted by Crippen LogP contribution is 2.36. The number of rotatable bonds is 5. The van der Waals surface area contributed by atoms with E-state index in [0.717, 1.165) is 36.6 Å². The quantitative estimate of drug-likeness (QED) is 0.920. The SMILES string of the molecule is COc1ccc(C[C@@H]2NCCc3cc(OC)c(OC)cc32)cc1. The Labute approximate surface area is 137 Å². The average Bonchev–Trinajstić information content (AvgIpc) is 2.61. The van der Waals surface area contributed by atoms with E-state index in [1.807, 2.05) is 12.1 Å². The molecule has 4 heteroatoms. The van der Waals surface area contributed by atoms with Gasteiger partial charge in [-0.15, -0.1) is 0 Å². The van der Waals surface area contributed by atoms with Gasteiger partial charge in [0.1, 0.15) is 5.75 Å². The molecule has 0 aliphatic carbocycles. The number of methoxy groups -OCH3 is 3. The smallest absolute Gasteiger partial charge is 0.161 e. The van der Waals surface area contributed by atoms with Gasteiger partial charge in [0, 0.05) is 6.04 Å². The molecule has 2 aromatic carbocycles. The van der Waals surface area contributed by atoms with Crippen molar-refractivity contribution in [3.05, 3.63) is 53.1 Å². The molecule has 2 aromatic rings. The lowest BCUT2D eigenvalue weighted by atomic mass is 9.90. The summed E-state index contributed by atoms with van der Waals surface area (Å²) in [5, 5.41) is 3.61. The lowest BCUT2D eigenvalue weighted by Gasteiger charge is -2.28. The van der Waals surface area contributed by atoms with Crippen LogP contribution in [0, 0.1) is 0 Å². The Kier molecular flexibility index (Phi) is 4.72. The first-order chi connectivity index (χ1) is 11.2. The summed E-state index contributed by atoms with van der Waals surface area (Å²) in [5.74, 6) is 2.48. The summed E-state index contributed by atoms with van der Waals surface area (Å²) in [6.07, 6.45) is 1.95. The van der Waals surface area contributed by atoms with E-state index in [-0.39, 0.29) is 6.04 Å². The number of fused-ring (bicyclic) bond motifs is 1. The van der Waals surface area contributed by atoms with Gasteiger partial charge in [-0.2, -0.15) is 0 Å². The van der Waals surface area contributed by atoms with Gasteiger partial charge in [-0.1, -0.05) is 12.1 Å². The molecule has 0 spiro atoms. The van der Waals surface area contributed by atoms with E-state index in [1.54, 1.807) is 21.3 Å². The fourth-order valence-electron chi connectivity index (χ4n) is 3.15. The number of ether oxygens (including phenoxy) is 3. The van der Waals surface area contributed by atoms with Crippen LogP contribution < -0.4 is 19.5 Å². The summed E-state index contributed by atoms with van der Waals surface area (Å²) in [7, 11) is 5.05. The molecular formula is C19H23NO3. The standard InChI is InChI=1S/C19H23NO3/c1-21-15-6-4-13(5-7-15)10-17-16-12-19(23-3)18(22-2)11-14(16)8-9-20-17/h4-7,11-12,17,20H,8-10H2,1-3H3/t17-/m0/s1. The zero-order chi connectivity index (χ0) is 16.2. The van der Waals surface area contributed by atoms with Crippen molar-refractivity contribution in [3.8, 4) is 17.2 Å². The van der Waals surface area contributed by atoms with Crippen molar-refractivity contribution >= 4 is 0 Å². The number of benzene rings is 2. The van der Waals surface area contributed by atoms with E-state index in [0.29, 0.717) is 0 Å². The molecule has 0 saturated carbocycles. The average molecular weight is 313 g/mol. The lowest BCUT2D eigenvalue weighted by Crippen LogP contribution is -2.31. The van der Waals surface area contributed by atoms with E-state index < -0.39 is 0 Å². The first-order valence-corrected chi connectivity index (χ1v) is 7.86. The Morgan fingerprint density at radius 1 is 0.957 bits per heavy atom. The highest BCUT2D eigenvalue weighted by molar-refractivity contribution is 5.49. The van der Waals surface area contributed by atoms with Crippen molar-refractivity contribution in [2.45, 2.75) is 18.9 Å². The van der Waals surface area contributed by atoms with Gasteiger partial charge in [0.15, 0.2) is 11.5 Å². The fourth-order valence-corrected chi connectivity index (χ4v) is 3.15. The summed E-state index contributed by atoms with van der Waals surface area (Å²) >= 11 is 0. The molecule has 0 saturated heterocycles. The molecule has 0 bridgehead atoms. The molecule has 4 nitrogen and oxygen atoms in total. The molecule has 1 aliphatic heterocycles. The molecule has 3 rings (SSSR count). The number of hydrogen-bond donors (Lipinski definition) is 1. The van der Waals surface area contributed by atoms with Crippen LogP contribution in [0.1, 0.15) is 22.7 Å². The molecular weight excluding hydrogens is 290 g/mol. The van der Waals surface area contributed by atoms with Gasteiger partial charge in [-0.25, -0.2) is 0 Å². The molecule has 0 fully saturated rings. The Bertz CT molecular complexity index is 667. The van der Waals surface area contributed by atoms with E-state index in [2.05, 4.69) is 29.6 Å². The molecule has 1 atom stereocenters. The monoisotopic (exact) mass is 313 g/mol. The van der Waals surface area contributed by atoms with Crippen LogP contribution in [-0.4, -0.2) is 27.9 Å². The van der Waals surface area contributed by atoms with Crippen molar-refractivity contribution in [2.24, 2.45) is 0 Å². The largest absolute Gasteiger partial charge is 0.497 e. The van der Waals surface area contributed by atoms with Crippen LogP contribution >= 0.6 is 0 Å². The predicted molar refractivity (Wildman–Crippen MR) is 90.7 cm³/mol. The molecule has 0 aromatic heterocycles. The van der Waals surface area contributed by atoms with Crippen molar-refractivity contribution in [3.63, 3.8) is 0 Å². The van der Waals surface area contributed by atoms with Gasteiger partial charge in [0.05, 0.1) is 21.3 Å². The van der Waals surface area contributed by atoms with Crippen molar-refractivity contribution in [1.29, 1.82) is 0 Å². The van der Waals surface area contributed by atoms with E-state index >= 15 is 0 Å². The lowest BCUT2D eigenvalue weighted by molar-refractivity contribution is 0.352. The minimum atomic E-state index is 0.284. The molecule has 1 aliphatic rings. The summed E-state index contributed by atoms with van der Waals surface area (Å²) in [6, 6.07) is 12.8. The summed E-state index contributed by atoms with van der Waals surface area (Å²) in [4.78, 5) is 0. The summed E-state index contributed by atoms with van der Waals surface area (Å²) in [6.45, 7) is 0.976. The van der Waals surface area contributed by atoms with Gasteiger partial charge in [-0.3, -0.25) is 0 Å². The Morgan fingerprint density at radius 3 is 2.30 bits per heavy atom. The van der Waals surface area contributed by atoms with Crippen LogP contribution in [0.5, 0.6) is 17.2 Å². The van der Waals surface area contributed by atoms with Crippen LogP contribution in [0.3, 0.4) is 0 Å². The van der Waals surface area contributed by atoms with Crippen LogP contribution in [-0.2, 0) is 12.8 Å². The second-order valence-electron chi connectivity index (χ2n) is 5.71. The van der Waals surface area contributed by atoms with Crippen molar-refractivity contribution in [2.75, 3.05) is 27.9 Å². The molecule has 1 heterocycles. The first kappa shape index (κ1) is 15.7. The van der Waals surface area contributed by atoms with Crippen molar-refractivity contribution < 1.29 is 14.2 Å². The van der Waals surface area contributed by atoms with Gasteiger partial charge in [-0.05, 0) is 60.3 Å². The first-order valence-electron chi connectivity index (χ1n) is 7.86. The third kappa shape index (κ3) is 3.27. The van der Waals surface area contributed by atoms with E-state index in [9.17, 15) is 0 Å². The number of hydrogen-bond acceptors (Lipinski definition) is 4. The summed E-state index contributed by atoms with van der Waals surface area (Å²) in [5.41, 5.74) is 3.91. The third-order valence-electron chi connectivity index (χ3n) is 4.40. The van der Waals surface area contributed by atoms with Crippen LogP contribution in [0.15, 0.2) is 36.4 Å². The van der Waals surface area contributed by atoms with Crippen molar-refractivity contribution in [1.82, 2.24) is 5.32 Å². The second kappa shape index (κ2) is 6.92. The van der Waals surface area contributed by atoms with Crippen LogP contribution in [0.4, 0.5) is 0 Å². The Hall–Kier alpha value is -2.20. The minimum Gasteiger partial charge on any atom is -0.497 e. The topological polar surface area (TPSA) is 39.7 Å². The minimum absolute atomic E-state index is 0.284. The Morgan fingerprint density at radius 2 is 1.65 bits per heavy atom. The maximum Gasteiger partial charge on any atom is 0.161 e. The molecule has 0 amide bonds. The highest BCUT2D eigenvalue weighted by atomic mass is 16.5. The highest BCUT2D eigenvalue weighted by Gasteiger charge is 2.22. The van der Waals surface area contributed by atoms with E-state index in [4.69, 9.17) is 14.2 Å². The van der Waals surface area contributed by atoms with E-state index in [1.165, 1.54) is 16.7 Å². The summed E-state index contributed by atoms with van der Waals surface area (Å²) < 4.78 is 16.1. The molecule has 122 valence electrons. The van der Waals surface area contributed by atoms with Crippen LogP contribution in [0.25, 0.3) is 0 Å². The maximum atomic E-state index is 5.46. The fraction of sp³-hybridized carbons (Fsp3) is 0.368. The van der Waals surface area contributed by atoms with Crippen LogP contribution in [0.2, 0.25) is 0 Å². The Balaban J connectivity index is 1.88. The van der Waals surface area contributed by atoms with Gasteiger partial charge < -0.3 is 19.5 Å². The van der Waals surface area contributed by atoms with Gasteiger partial charge in [0.25, 0.3) is 0 Å². The predicted octanol–water partition coefficient (Wildman–Crippen LogP) is 3.14. The molecule has 0 unspecified atom stereocenters. The second-order valence-corrected chi connectivity index (χ2v) is 5.71. The number of nitrogens with one attached hydrogen (secondary N) is 1. The molecule has 1 N–H and O–H groups in total. The molecule has 23 heavy (non-hydrogen) atoms. The third-order valence-corrected chi connectivity index (χ3v) is 4.40. The zero-order valence-electron chi connectivity index (χ0n) is 13.9. The van der Waals surface area contributed by atoms with Gasteiger partial charge in [0.2, 0.25) is 0 Å².